The Morgan fingerprint density at radius 2 is 2.00 bits per heavy atom. The van der Waals surface area contributed by atoms with E-state index in [4.69, 9.17) is 0 Å². The number of nitrogens with one attached hydrogen (secondary N) is 1. The molecule has 0 atom stereocenters. The van der Waals surface area contributed by atoms with E-state index in [9.17, 15) is 23.5 Å². The van der Waals surface area contributed by atoms with Crippen molar-refractivity contribution in [1.82, 2.24) is 9.55 Å². The molecule has 0 unspecified atom stereocenters. The Balaban J connectivity index is 1.82. The first kappa shape index (κ1) is 17.3. The molecule has 3 rings (SSSR count). The van der Waals surface area contributed by atoms with Crippen molar-refractivity contribution in [2.24, 2.45) is 0 Å². The Bertz CT molecular complexity index is 1010. The normalized spacial score (nSPS) is 10.5. The fraction of sp³-hybridized carbons (Fsp3) is 0.0556. The fourth-order valence-electron chi connectivity index (χ4n) is 2.43. The number of benzene rings is 2. The number of phenolic OH excluding ortho intramolecular Hbond substituents is 1. The Hall–Kier alpha value is -3.55. The summed E-state index contributed by atoms with van der Waals surface area (Å²) in [4.78, 5) is 27.5. The molecule has 2 aromatic carbocycles. The minimum atomic E-state index is -1.17. The molecule has 0 fully saturated rings. The zero-order valence-corrected chi connectivity index (χ0v) is 13.3. The molecular weight excluding hydrogens is 344 g/mol. The van der Waals surface area contributed by atoms with E-state index in [1.165, 1.54) is 10.8 Å². The summed E-state index contributed by atoms with van der Waals surface area (Å²) in [5.41, 5.74) is -0.0465. The third-order valence-corrected chi connectivity index (χ3v) is 3.58. The third kappa shape index (κ3) is 3.75. The highest BCUT2D eigenvalue weighted by atomic mass is 19.1. The minimum Gasteiger partial charge on any atom is -0.507 e. The lowest BCUT2D eigenvalue weighted by Gasteiger charge is -2.10. The Labute approximate surface area is 146 Å². The van der Waals surface area contributed by atoms with Gasteiger partial charge in [0.05, 0.1) is 6.54 Å². The van der Waals surface area contributed by atoms with Gasteiger partial charge in [-0.1, -0.05) is 12.1 Å². The molecule has 2 N–H and O–H groups in total. The molecule has 26 heavy (non-hydrogen) atoms. The lowest BCUT2D eigenvalue weighted by Crippen LogP contribution is -2.22. The van der Waals surface area contributed by atoms with Gasteiger partial charge in [0.15, 0.2) is 0 Å². The van der Waals surface area contributed by atoms with E-state index in [2.05, 4.69) is 10.3 Å². The van der Waals surface area contributed by atoms with Crippen molar-refractivity contribution in [3.63, 3.8) is 0 Å². The quantitative estimate of drug-likeness (QED) is 0.752. The van der Waals surface area contributed by atoms with Crippen LogP contribution in [0.3, 0.4) is 0 Å². The molecular formula is C18H13F2N3O3. The van der Waals surface area contributed by atoms with Crippen LogP contribution in [0.15, 0.2) is 59.7 Å². The highest BCUT2D eigenvalue weighted by Gasteiger charge is 2.18. The van der Waals surface area contributed by atoms with Crippen LogP contribution in [0.4, 0.5) is 14.5 Å². The molecule has 1 aromatic heterocycles. The van der Waals surface area contributed by atoms with Gasteiger partial charge in [-0.05, 0) is 23.8 Å². The van der Waals surface area contributed by atoms with Crippen molar-refractivity contribution in [3.8, 4) is 5.75 Å². The highest BCUT2D eigenvalue weighted by Crippen LogP contribution is 2.23. The number of hydrogen-bond acceptors (Lipinski definition) is 4. The molecule has 0 saturated heterocycles. The molecule has 8 heteroatoms. The number of aromatic nitrogens is 2. The zero-order valence-electron chi connectivity index (χ0n) is 13.3. The van der Waals surface area contributed by atoms with E-state index in [1.54, 1.807) is 36.5 Å². The molecule has 1 heterocycles. The van der Waals surface area contributed by atoms with Gasteiger partial charge in [-0.2, -0.15) is 0 Å². The smallest absolute Gasteiger partial charge is 0.347 e. The number of carbonyl (C=O) groups excluding carboxylic acids is 1. The largest absolute Gasteiger partial charge is 0.507 e. The first-order valence-electron chi connectivity index (χ1n) is 7.54. The van der Waals surface area contributed by atoms with Crippen molar-refractivity contribution in [3.05, 3.63) is 88.1 Å². The monoisotopic (exact) mass is 357 g/mol. The van der Waals surface area contributed by atoms with Crippen molar-refractivity contribution >= 4 is 11.6 Å². The highest BCUT2D eigenvalue weighted by molar-refractivity contribution is 6.06. The number of nitrogens with zero attached hydrogens (tertiary/aromatic N) is 2. The van der Waals surface area contributed by atoms with Crippen LogP contribution in [0.1, 0.15) is 15.9 Å². The maximum atomic E-state index is 13.8. The number of rotatable bonds is 4. The number of anilines is 1. The summed E-state index contributed by atoms with van der Waals surface area (Å²) in [6.45, 7) is 0.229. The number of amides is 1. The average Bonchev–Trinajstić information content (AvgIpc) is 2.56. The van der Waals surface area contributed by atoms with Crippen molar-refractivity contribution in [2.45, 2.75) is 6.54 Å². The van der Waals surface area contributed by atoms with Crippen LogP contribution in [0.2, 0.25) is 0 Å². The van der Waals surface area contributed by atoms with Crippen molar-refractivity contribution in [2.75, 3.05) is 5.32 Å². The summed E-state index contributed by atoms with van der Waals surface area (Å²) >= 11 is 0. The second-order valence-electron chi connectivity index (χ2n) is 5.47. The van der Waals surface area contributed by atoms with Crippen LogP contribution >= 0.6 is 0 Å². The van der Waals surface area contributed by atoms with Crippen LogP contribution in [-0.2, 0) is 6.54 Å². The van der Waals surface area contributed by atoms with Gasteiger partial charge in [0.25, 0.3) is 5.91 Å². The summed E-state index contributed by atoms with van der Waals surface area (Å²) in [7, 11) is 0. The van der Waals surface area contributed by atoms with Crippen LogP contribution in [0.5, 0.6) is 5.75 Å². The van der Waals surface area contributed by atoms with E-state index >= 15 is 0 Å². The van der Waals surface area contributed by atoms with Crippen LogP contribution in [0, 0.1) is 11.6 Å². The van der Waals surface area contributed by atoms with Crippen molar-refractivity contribution < 1.29 is 18.7 Å². The number of phenols is 1. The zero-order chi connectivity index (χ0) is 18.7. The SMILES string of the molecule is O=C(Nc1cccc(Cn2cccnc2=O)c1)c1c(O)cc(F)cc1F. The lowest BCUT2D eigenvalue weighted by molar-refractivity contribution is 0.102. The molecule has 0 bridgehead atoms. The van der Waals surface area contributed by atoms with E-state index < -0.39 is 34.5 Å². The number of aromatic hydroxyl groups is 1. The minimum absolute atomic E-state index is 0.229. The first-order valence-corrected chi connectivity index (χ1v) is 7.54. The van der Waals surface area contributed by atoms with Crippen LogP contribution in [-0.4, -0.2) is 20.6 Å². The van der Waals surface area contributed by atoms with Gasteiger partial charge in [-0.25, -0.2) is 18.6 Å². The molecule has 0 saturated carbocycles. The molecule has 3 aromatic rings. The molecule has 132 valence electrons. The van der Waals surface area contributed by atoms with Crippen molar-refractivity contribution in [1.29, 1.82) is 0 Å². The topological polar surface area (TPSA) is 84.2 Å². The van der Waals surface area contributed by atoms with Gasteiger partial charge in [-0.15, -0.1) is 0 Å². The van der Waals surface area contributed by atoms with E-state index in [0.717, 1.165) is 0 Å². The number of hydrogen-bond donors (Lipinski definition) is 2. The Morgan fingerprint density at radius 1 is 1.19 bits per heavy atom. The molecule has 6 nitrogen and oxygen atoms in total. The lowest BCUT2D eigenvalue weighted by atomic mass is 10.1. The predicted octanol–water partition coefficient (Wildman–Crippen LogP) is 2.53. The Morgan fingerprint density at radius 3 is 2.73 bits per heavy atom. The molecule has 0 aliphatic heterocycles. The average molecular weight is 357 g/mol. The predicted molar refractivity (Wildman–Crippen MR) is 90.0 cm³/mol. The standard InChI is InChI=1S/C18H13F2N3O3/c19-12-8-14(20)16(15(24)9-12)17(25)22-13-4-1-3-11(7-13)10-23-6-2-5-21-18(23)26/h1-9,24H,10H2,(H,22,25). The molecule has 0 radical (unpaired) electrons. The van der Waals surface area contributed by atoms with Gasteiger partial charge >= 0.3 is 5.69 Å². The van der Waals surface area contributed by atoms with Crippen LogP contribution in [0.25, 0.3) is 0 Å². The summed E-state index contributed by atoms with van der Waals surface area (Å²) in [6.07, 6.45) is 2.96. The maximum Gasteiger partial charge on any atom is 0.347 e. The van der Waals surface area contributed by atoms with E-state index in [1.807, 2.05) is 0 Å². The second kappa shape index (κ2) is 7.14. The van der Waals surface area contributed by atoms with E-state index in [0.29, 0.717) is 23.4 Å². The summed E-state index contributed by atoms with van der Waals surface area (Å²) in [5.74, 6) is -3.87. The number of carbonyl (C=O) groups is 1. The van der Waals surface area contributed by atoms with Gasteiger partial charge in [0.1, 0.15) is 22.9 Å². The summed E-state index contributed by atoms with van der Waals surface area (Å²) in [5, 5.41) is 12.1. The second-order valence-corrected chi connectivity index (χ2v) is 5.47. The third-order valence-electron chi connectivity index (χ3n) is 3.58. The summed E-state index contributed by atoms with van der Waals surface area (Å²) < 4.78 is 28.2. The van der Waals surface area contributed by atoms with E-state index in [-0.39, 0.29) is 6.54 Å². The number of halogens is 2. The molecule has 1 amide bonds. The van der Waals surface area contributed by atoms with Gasteiger partial charge in [-0.3, -0.25) is 9.36 Å². The molecule has 0 aliphatic rings. The molecule has 0 spiro atoms. The summed E-state index contributed by atoms with van der Waals surface area (Å²) in [6, 6.07) is 9.33. The molecule has 0 aliphatic carbocycles. The van der Waals surface area contributed by atoms with Gasteiger partial charge in [0.2, 0.25) is 0 Å². The fourth-order valence-corrected chi connectivity index (χ4v) is 2.43. The first-order chi connectivity index (χ1) is 12.4. The van der Waals surface area contributed by atoms with Crippen LogP contribution < -0.4 is 11.0 Å². The Kier molecular flexibility index (Phi) is 4.74. The maximum absolute atomic E-state index is 13.8. The van der Waals surface area contributed by atoms with Gasteiger partial charge in [0, 0.05) is 30.2 Å². The van der Waals surface area contributed by atoms with Gasteiger partial charge < -0.3 is 10.4 Å².